The number of carbonyl (C=O) groups is 2. The molecule has 0 radical (unpaired) electrons. The molecule has 9 nitrogen and oxygen atoms in total. The first-order valence-electron chi connectivity index (χ1n) is 11.6. The normalized spacial score (nSPS) is 15.0. The fourth-order valence-electron chi connectivity index (χ4n) is 4.12. The standard InChI is InChI=1S/C27H25ClN2O7S/c1-5-36-22(31)14-37-19-9-7-6-8-16(19)12-21-25(32)30-24(18-13-17(28)10-11-20(18)34-3)23(26(33)35-4)15(2)29-27(30)38-21/h6-13,24H,5,14H2,1-4H3/b21-12-/t24-/m1/s1. The maximum Gasteiger partial charge on any atom is 0.344 e. The Balaban J connectivity index is 1.89. The molecule has 0 spiro atoms. The van der Waals surface area contributed by atoms with Crippen LogP contribution in [0, 0.1) is 0 Å². The van der Waals surface area contributed by atoms with Gasteiger partial charge >= 0.3 is 11.9 Å². The lowest BCUT2D eigenvalue weighted by Gasteiger charge is -2.25. The van der Waals surface area contributed by atoms with E-state index in [9.17, 15) is 14.4 Å². The number of methoxy groups -OCH3 is 2. The fraction of sp³-hybridized carbons (Fsp3) is 0.259. The molecule has 4 rings (SSSR count). The molecule has 1 aliphatic heterocycles. The van der Waals surface area contributed by atoms with Crippen molar-refractivity contribution in [3.63, 3.8) is 0 Å². The zero-order valence-corrected chi connectivity index (χ0v) is 22.7. The largest absolute Gasteiger partial charge is 0.496 e. The molecule has 198 valence electrons. The van der Waals surface area contributed by atoms with E-state index in [1.165, 1.54) is 18.8 Å². The first-order chi connectivity index (χ1) is 18.3. The van der Waals surface area contributed by atoms with Crippen molar-refractivity contribution < 1.29 is 28.5 Å². The van der Waals surface area contributed by atoms with Gasteiger partial charge in [-0.05, 0) is 44.2 Å². The lowest BCUT2D eigenvalue weighted by molar-refractivity contribution is -0.145. The van der Waals surface area contributed by atoms with Crippen molar-refractivity contribution >= 4 is 41.0 Å². The number of hydrogen-bond donors (Lipinski definition) is 0. The van der Waals surface area contributed by atoms with Crippen molar-refractivity contribution in [1.29, 1.82) is 0 Å². The summed E-state index contributed by atoms with van der Waals surface area (Å²) in [6.07, 6.45) is 1.66. The van der Waals surface area contributed by atoms with Crippen LogP contribution in [0.25, 0.3) is 6.08 Å². The van der Waals surface area contributed by atoms with Gasteiger partial charge < -0.3 is 18.9 Å². The van der Waals surface area contributed by atoms with E-state index in [1.54, 1.807) is 62.4 Å². The van der Waals surface area contributed by atoms with Crippen LogP contribution in [0.5, 0.6) is 11.5 Å². The number of hydrogen-bond acceptors (Lipinski definition) is 9. The van der Waals surface area contributed by atoms with Gasteiger partial charge in [-0.15, -0.1) is 0 Å². The third kappa shape index (κ3) is 5.36. The average molecular weight is 557 g/mol. The summed E-state index contributed by atoms with van der Waals surface area (Å²) in [5, 5.41) is 0.412. The Morgan fingerprint density at radius 3 is 2.63 bits per heavy atom. The molecule has 0 bridgehead atoms. The Labute approximate surface area is 227 Å². The predicted molar refractivity (Wildman–Crippen MR) is 142 cm³/mol. The highest BCUT2D eigenvalue weighted by molar-refractivity contribution is 7.07. The number of thiazole rings is 1. The predicted octanol–water partition coefficient (Wildman–Crippen LogP) is 3.01. The van der Waals surface area contributed by atoms with Crippen LogP contribution in [0.4, 0.5) is 0 Å². The van der Waals surface area contributed by atoms with Gasteiger partial charge in [0.05, 0.1) is 36.6 Å². The van der Waals surface area contributed by atoms with Gasteiger partial charge in [-0.25, -0.2) is 14.6 Å². The zero-order chi connectivity index (χ0) is 27.4. The molecule has 1 aromatic heterocycles. The molecule has 11 heteroatoms. The van der Waals surface area contributed by atoms with E-state index < -0.39 is 18.0 Å². The van der Waals surface area contributed by atoms with Crippen LogP contribution in [0.1, 0.15) is 31.0 Å². The molecule has 3 aromatic rings. The second kappa shape index (κ2) is 11.7. The summed E-state index contributed by atoms with van der Waals surface area (Å²) >= 11 is 7.47. The van der Waals surface area contributed by atoms with Gasteiger partial charge in [0.15, 0.2) is 11.4 Å². The Morgan fingerprint density at radius 1 is 1.16 bits per heavy atom. The molecule has 38 heavy (non-hydrogen) atoms. The van der Waals surface area contributed by atoms with Crippen LogP contribution < -0.4 is 24.4 Å². The highest BCUT2D eigenvalue weighted by Crippen LogP contribution is 2.37. The fourth-order valence-corrected chi connectivity index (χ4v) is 5.34. The summed E-state index contributed by atoms with van der Waals surface area (Å²) in [6.45, 7) is 3.38. The van der Waals surface area contributed by atoms with E-state index in [1.807, 2.05) is 0 Å². The number of esters is 2. The molecule has 0 saturated carbocycles. The lowest BCUT2D eigenvalue weighted by atomic mass is 9.95. The number of rotatable bonds is 8. The smallest absolute Gasteiger partial charge is 0.344 e. The molecule has 2 aromatic carbocycles. The molecular weight excluding hydrogens is 532 g/mol. The molecule has 0 amide bonds. The maximum atomic E-state index is 13.8. The van der Waals surface area contributed by atoms with Crippen molar-refractivity contribution in [2.45, 2.75) is 19.9 Å². The van der Waals surface area contributed by atoms with Gasteiger partial charge in [-0.3, -0.25) is 9.36 Å². The number of ether oxygens (including phenoxy) is 4. The van der Waals surface area contributed by atoms with Crippen LogP contribution in [0.2, 0.25) is 5.02 Å². The van der Waals surface area contributed by atoms with E-state index in [0.717, 1.165) is 11.3 Å². The highest BCUT2D eigenvalue weighted by atomic mass is 35.5. The van der Waals surface area contributed by atoms with E-state index >= 15 is 0 Å². The number of benzene rings is 2. The van der Waals surface area contributed by atoms with Crippen molar-refractivity contribution in [1.82, 2.24) is 4.57 Å². The van der Waals surface area contributed by atoms with Crippen molar-refractivity contribution in [2.75, 3.05) is 27.4 Å². The molecule has 0 saturated heterocycles. The molecule has 0 fully saturated rings. The van der Waals surface area contributed by atoms with Crippen LogP contribution in [0.15, 0.2) is 63.5 Å². The third-order valence-electron chi connectivity index (χ3n) is 5.77. The Morgan fingerprint density at radius 2 is 1.92 bits per heavy atom. The second-order valence-corrected chi connectivity index (χ2v) is 9.54. The minimum Gasteiger partial charge on any atom is -0.496 e. The molecule has 0 aliphatic carbocycles. The van der Waals surface area contributed by atoms with Gasteiger partial charge in [0.25, 0.3) is 5.56 Å². The van der Waals surface area contributed by atoms with Gasteiger partial charge in [0, 0.05) is 16.1 Å². The monoisotopic (exact) mass is 556 g/mol. The first kappa shape index (κ1) is 27.2. The van der Waals surface area contributed by atoms with E-state index in [2.05, 4.69) is 4.99 Å². The molecule has 2 heterocycles. The number of carbonyl (C=O) groups excluding carboxylic acids is 2. The first-order valence-corrected chi connectivity index (χ1v) is 12.8. The number of halogens is 1. The van der Waals surface area contributed by atoms with E-state index in [4.69, 9.17) is 30.5 Å². The van der Waals surface area contributed by atoms with Crippen LogP contribution in [-0.4, -0.2) is 43.9 Å². The number of aromatic nitrogens is 1. The second-order valence-electron chi connectivity index (χ2n) is 8.09. The summed E-state index contributed by atoms with van der Waals surface area (Å²) in [6, 6.07) is 11.1. The summed E-state index contributed by atoms with van der Waals surface area (Å²) in [5.74, 6) is -0.262. The summed E-state index contributed by atoms with van der Waals surface area (Å²) < 4.78 is 23.0. The quantitative estimate of drug-likeness (QED) is 0.393. The van der Waals surface area contributed by atoms with Gasteiger partial charge in [0.2, 0.25) is 0 Å². The summed E-state index contributed by atoms with van der Waals surface area (Å²) in [4.78, 5) is 43.4. The summed E-state index contributed by atoms with van der Waals surface area (Å²) in [7, 11) is 2.77. The van der Waals surface area contributed by atoms with Gasteiger partial charge in [0.1, 0.15) is 17.5 Å². The molecule has 1 aliphatic rings. The van der Waals surface area contributed by atoms with Crippen LogP contribution in [-0.2, 0) is 19.1 Å². The Kier molecular flexibility index (Phi) is 8.33. The lowest BCUT2D eigenvalue weighted by Crippen LogP contribution is -2.40. The van der Waals surface area contributed by atoms with Crippen LogP contribution >= 0.6 is 22.9 Å². The Bertz CT molecular complexity index is 1610. The van der Waals surface area contributed by atoms with Crippen LogP contribution in [0.3, 0.4) is 0 Å². The number of para-hydroxylation sites is 1. The molecule has 0 N–H and O–H groups in total. The Hall–Kier alpha value is -3.89. The average Bonchev–Trinajstić information content (AvgIpc) is 3.21. The highest BCUT2D eigenvalue weighted by Gasteiger charge is 2.35. The van der Waals surface area contributed by atoms with Crippen molar-refractivity contribution in [2.24, 2.45) is 4.99 Å². The summed E-state index contributed by atoms with van der Waals surface area (Å²) in [5.41, 5.74) is 1.33. The molecule has 0 unspecified atom stereocenters. The number of nitrogens with zero attached hydrogens (tertiary/aromatic N) is 2. The number of fused-ring (bicyclic) bond motifs is 1. The molecule has 1 atom stereocenters. The van der Waals surface area contributed by atoms with E-state index in [0.29, 0.717) is 42.7 Å². The topological polar surface area (TPSA) is 105 Å². The minimum atomic E-state index is -0.884. The van der Waals surface area contributed by atoms with Crippen molar-refractivity contribution in [3.8, 4) is 11.5 Å². The van der Waals surface area contributed by atoms with Gasteiger partial charge in [-0.2, -0.15) is 0 Å². The van der Waals surface area contributed by atoms with Crippen molar-refractivity contribution in [3.05, 3.63) is 89.6 Å². The molecular formula is C27H25ClN2O7S. The van der Waals surface area contributed by atoms with E-state index in [-0.39, 0.29) is 24.3 Å². The third-order valence-corrected chi connectivity index (χ3v) is 6.99. The zero-order valence-electron chi connectivity index (χ0n) is 21.1. The SMILES string of the molecule is CCOC(=O)COc1ccccc1/C=c1\sc2n(c1=O)[C@H](c1cc(Cl)ccc1OC)C(C(=O)OC)=C(C)N=2. The number of allylic oxidation sites excluding steroid dienone is 1. The maximum absolute atomic E-state index is 13.8. The van der Waals surface area contributed by atoms with Gasteiger partial charge in [-0.1, -0.05) is 41.1 Å². The minimum absolute atomic E-state index is 0.199.